The molecule has 4 N–H and O–H groups in total. The smallest absolute Gasteiger partial charge is 0.319 e. The second-order valence-corrected chi connectivity index (χ2v) is 8.29. The number of aryl methyl sites for hydroxylation is 1. The summed E-state index contributed by atoms with van der Waals surface area (Å²) in [6, 6.07) is 5.12. The van der Waals surface area contributed by atoms with Gasteiger partial charge in [-0.2, -0.15) is 0 Å². The number of amides is 4. The Morgan fingerprint density at radius 3 is 1.71 bits per heavy atom. The lowest BCUT2D eigenvalue weighted by molar-refractivity contribution is 0.250. The summed E-state index contributed by atoms with van der Waals surface area (Å²) in [5, 5.41) is 11.6. The predicted octanol–water partition coefficient (Wildman–Crippen LogP) is 6.96. The van der Waals surface area contributed by atoms with Crippen molar-refractivity contribution in [3.8, 4) is 0 Å². The molecule has 0 atom stereocenters. The molecule has 0 aromatic heterocycles. The van der Waals surface area contributed by atoms with Crippen molar-refractivity contribution in [2.75, 3.05) is 23.7 Å². The van der Waals surface area contributed by atoms with Crippen molar-refractivity contribution in [1.29, 1.82) is 0 Å². The van der Waals surface area contributed by atoms with E-state index >= 15 is 0 Å². The van der Waals surface area contributed by atoms with Gasteiger partial charge in [0.1, 0.15) is 0 Å². The summed E-state index contributed by atoms with van der Waals surface area (Å²) in [4.78, 5) is 24.6. The van der Waals surface area contributed by atoms with Crippen molar-refractivity contribution in [2.24, 2.45) is 0 Å². The highest BCUT2D eigenvalue weighted by atomic mass is 16.2. The van der Waals surface area contributed by atoms with E-state index in [1.165, 1.54) is 51.4 Å². The van der Waals surface area contributed by atoms with Crippen molar-refractivity contribution >= 4 is 23.4 Å². The number of hydrogen-bond donors (Lipinski definition) is 4. The largest absolute Gasteiger partial charge is 0.338 e. The molecule has 0 aliphatic heterocycles. The number of hydrogen-bond acceptors (Lipinski definition) is 2. The van der Waals surface area contributed by atoms with Gasteiger partial charge in [-0.15, -0.1) is 0 Å². The average Bonchev–Trinajstić information content (AvgIpc) is 2.75. The molecule has 0 bridgehead atoms. The summed E-state index contributed by atoms with van der Waals surface area (Å²) < 4.78 is 0. The van der Waals surface area contributed by atoms with E-state index in [-0.39, 0.29) is 12.1 Å². The van der Waals surface area contributed by atoms with Gasteiger partial charge in [-0.1, -0.05) is 90.2 Å². The van der Waals surface area contributed by atoms with Gasteiger partial charge in [0.15, 0.2) is 0 Å². The fourth-order valence-corrected chi connectivity index (χ4v) is 3.48. The summed E-state index contributed by atoms with van der Waals surface area (Å²) in [5.41, 5.74) is 2.15. The molecule has 0 saturated carbocycles. The maximum absolute atomic E-state index is 12.3. The molecule has 6 nitrogen and oxygen atoms in total. The van der Waals surface area contributed by atoms with Gasteiger partial charge in [-0.05, 0) is 31.4 Å². The van der Waals surface area contributed by atoms with Crippen LogP contribution in [0.2, 0.25) is 0 Å². The van der Waals surface area contributed by atoms with Crippen LogP contribution in [0.3, 0.4) is 0 Å². The Balaban J connectivity index is 2.37. The summed E-state index contributed by atoms with van der Waals surface area (Å²) in [7, 11) is 0. The molecule has 0 spiro atoms. The van der Waals surface area contributed by atoms with Gasteiger partial charge < -0.3 is 21.3 Å². The van der Waals surface area contributed by atoms with Gasteiger partial charge in [0.05, 0.1) is 11.4 Å². The number of benzene rings is 1. The van der Waals surface area contributed by atoms with E-state index in [0.29, 0.717) is 24.5 Å². The Hall–Kier alpha value is -2.24. The summed E-state index contributed by atoms with van der Waals surface area (Å²) >= 11 is 0. The number of nitrogens with one attached hydrogen (secondary N) is 4. The minimum absolute atomic E-state index is 0.238. The topological polar surface area (TPSA) is 82.3 Å². The Morgan fingerprint density at radius 1 is 0.677 bits per heavy atom. The first-order valence-corrected chi connectivity index (χ1v) is 12.3. The van der Waals surface area contributed by atoms with Crippen LogP contribution in [0.4, 0.5) is 21.0 Å². The minimum atomic E-state index is -0.241. The summed E-state index contributed by atoms with van der Waals surface area (Å²) in [5.74, 6) is 0. The third kappa shape index (κ3) is 12.9. The normalized spacial score (nSPS) is 10.5. The quantitative estimate of drug-likeness (QED) is 0.213. The molecule has 1 rings (SSSR count). The average molecular weight is 433 g/mol. The molecule has 0 unspecified atom stereocenters. The van der Waals surface area contributed by atoms with Crippen molar-refractivity contribution < 1.29 is 9.59 Å². The number of para-hydroxylation sites is 1. The SMILES string of the molecule is CCCCCCCCNC(=O)Nc1cccc(C)c1NC(=O)NCCCCCCCC. The van der Waals surface area contributed by atoms with Crippen LogP contribution in [0.25, 0.3) is 0 Å². The van der Waals surface area contributed by atoms with Crippen LogP contribution >= 0.6 is 0 Å². The molecule has 1 aromatic carbocycles. The first-order chi connectivity index (χ1) is 15.1. The van der Waals surface area contributed by atoms with Crippen LogP contribution in [0, 0.1) is 6.92 Å². The first-order valence-electron chi connectivity index (χ1n) is 12.3. The number of urea groups is 2. The van der Waals surface area contributed by atoms with Gasteiger partial charge >= 0.3 is 12.1 Å². The Morgan fingerprint density at radius 2 is 1.16 bits per heavy atom. The Labute approximate surface area is 189 Å². The summed E-state index contributed by atoms with van der Waals surface area (Å²) in [6.45, 7) is 7.65. The van der Waals surface area contributed by atoms with Crippen molar-refractivity contribution in [3.63, 3.8) is 0 Å². The van der Waals surface area contributed by atoms with E-state index < -0.39 is 0 Å². The third-order valence-electron chi connectivity index (χ3n) is 5.39. The minimum Gasteiger partial charge on any atom is -0.338 e. The molecule has 0 saturated heterocycles. The molecule has 4 amide bonds. The van der Waals surface area contributed by atoms with E-state index in [9.17, 15) is 9.59 Å². The van der Waals surface area contributed by atoms with Crippen molar-refractivity contribution in [2.45, 2.75) is 97.8 Å². The van der Waals surface area contributed by atoms with Gasteiger partial charge in [-0.3, -0.25) is 0 Å². The monoisotopic (exact) mass is 432 g/mol. The fourth-order valence-electron chi connectivity index (χ4n) is 3.48. The van der Waals surface area contributed by atoms with Gasteiger partial charge in [0.25, 0.3) is 0 Å². The van der Waals surface area contributed by atoms with E-state index in [4.69, 9.17) is 0 Å². The van der Waals surface area contributed by atoms with Gasteiger partial charge in [0, 0.05) is 13.1 Å². The third-order valence-corrected chi connectivity index (χ3v) is 5.39. The van der Waals surface area contributed by atoms with Crippen LogP contribution < -0.4 is 21.3 Å². The molecule has 31 heavy (non-hydrogen) atoms. The second-order valence-electron chi connectivity index (χ2n) is 8.29. The fraction of sp³-hybridized carbons (Fsp3) is 0.680. The van der Waals surface area contributed by atoms with E-state index in [1.54, 1.807) is 6.07 Å². The molecule has 1 aromatic rings. The van der Waals surface area contributed by atoms with E-state index in [1.807, 2.05) is 19.1 Å². The lowest BCUT2D eigenvalue weighted by Gasteiger charge is -2.16. The zero-order chi connectivity index (χ0) is 22.7. The van der Waals surface area contributed by atoms with E-state index in [0.717, 1.165) is 31.2 Å². The first kappa shape index (κ1) is 26.8. The molecular formula is C25H44N4O2. The van der Waals surface area contributed by atoms with Crippen molar-refractivity contribution in [1.82, 2.24) is 10.6 Å². The Bertz CT molecular complexity index is 634. The maximum Gasteiger partial charge on any atom is 0.319 e. The molecule has 0 fully saturated rings. The van der Waals surface area contributed by atoms with Crippen LogP contribution in [0.15, 0.2) is 18.2 Å². The highest BCUT2D eigenvalue weighted by Gasteiger charge is 2.11. The standard InChI is InChI=1S/C25H44N4O2/c1-4-6-8-10-12-14-19-26-24(30)28-22-18-16-17-21(3)23(22)29-25(31)27-20-15-13-11-9-7-5-2/h16-18H,4-15,19-20H2,1-3H3,(H2,26,28,30)(H2,27,29,31). The van der Waals surface area contributed by atoms with Crippen LogP contribution in [-0.2, 0) is 0 Å². The number of unbranched alkanes of at least 4 members (excludes halogenated alkanes) is 10. The zero-order valence-corrected chi connectivity index (χ0v) is 19.9. The summed E-state index contributed by atoms with van der Waals surface area (Å²) in [6.07, 6.45) is 14.3. The number of carbonyl (C=O) groups is 2. The molecule has 0 aliphatic rings. The zero-order valence-electron chi connectivity index (χ0n) is 19.9. The lowest BCUT2D eigenvalue weighted by atomic mass is 10.1. The highest BCUT2D eigenvalue weighted by Crippen LogP contribution is 2.25. The van der Waals surface area contributed by atoms with Gasteiger partial charge in [0.2, 0.25) is 0 Å². The van der Waals surface area contributed by atoms with Crippen LogP contribution in [0.1, 0.15) is 96.5 Å². The van der Waals surface area contributed by atoms with Crippen LogP contribution in [-0.4, -0.2) is 25.2 Å². The molecule has 0 heterocycles. The lowest BCUT2D eigenvalue weighted by Crippen LogP contribution is -2.32. The molecule has 0 radical (unpaired) electrons. The van der Waals surface area contributed by atoms with Crippen LogP contribution in [0.5, 0.6) is 0 Å². The van der Waals surface area contributed by atoms with Crippen molar-refractivity contribution in [3.05, 3.63) is 23.8 Å². The number of carbonyl (C=O) groups excluding carboxylic acids is 2. The predicted molar refractivity (Wildman–Crippen MR) is 132 cm³/mol. The second kappa shape index (κ2) is 17.4. The number of anilines is 2. The van der Waals surface area contributed by atoms with E-state index in [2.05, 4.69) is 35.1 Å². The van der Waals surface area contributed by atoms with Gasteiger partial charge in [-0.25, -0.2) is 9.59 Å². The Kier molecular flexibility index (Phi) is 15.1. The molecule has 6 heteroatoms. The molecular weight excluding hydrogens is 388 g/mol. The molecule has 176 valence electrons. The maximum atomic E-state index is 12.3. The molecule has 0 aliphatic carbocycles. The highest BCUT2D eigenvalue weighted by molar-refractivity contribution is 5.99. The number of rotatable bonds is 16.